The number of ether oxygens (including phenoxy) is 1. The standard InChI is InChI=1S/C20H27N5O3S2/c1-4-11-25-17(14-9-7-6-8-10-14)23-24-20(25)29-12-15(26)22-19-21-13(3)16(30-19)18(27)28-5-2/h4,14H,1,5-12H2,2-3H3,(H,21,22,26). The lowest BCUT2D eigenvalue weighted by Gasteiger charge is -2.21. The molecule has 1 aliphatic rings. The Morgan fingerprint density at radius 3 is 2.80 bits per heavy atom. The van der Waals surface area contributed by atoms with Crippen LogP contribution in [0, 0.1) is 6.92 Å². The molecule has 0 atom stereocenters. The summed E-state index contributed by atoms with van der Waals surface area (Å²) in [5.41, 5.74) is 0.546. The topological polar surface area (TPSA) is 99.0 Å². The van der Waals surface area contributed by atoms with Gasteiger partial charge in [0.2, 0.25) is 5.91 Å². The Kier molecular flexibility index (Phi) is 8.03. The number of thioether (sulfide) groups is 1. The van der Waals surface area contributed by atoms with Crippen LogP contribution in [0.25, 0.3) is 0 Å². The summed E-state index contributed by atoms with van der Waals surface area (Å²) in [6.07, 6.45) is 7.81. The van der Waals surface area contributed by atoms with Crippen molar-refractivity contribution >= 4 is 40.1 Å². The molecule has 2 aromatic rings. The van der Waals surface area contributed by atoms with E-state index >= 15 is 0 Å². The average Bonchev–Trinajstić information content (AvgIpc) is 3.30. The number of thiazole rings is 1. The molecule has 0 radical (unpaired) electrons. The third-order valence-corrected chi connectivity index (χ3v) is 6.88. The van der Waals surface area contributed by atoms with Crippen LogP contribution in [0.1, 0.15) is 66.1 Å². The van der Waals surface area contributed by atoms with E-state index in [2.05, 4.69) is 31.6 Å². The first-order chi connectivity index (χ1) is 14.5. The van der Waals surface area contributed by atoms with Gasteiger partial charge >= 0.3 is 5.97 Å². The van der Waals surface area contributed by atoms with Crippen LogP contribution in [0.15, 0.2) is 17.8 Å². The molecule has 2 heterocycles. The van der Waals surface area contributed by atoms with Crippen LogP contribution in [0.3, 0.4) is 0 Å². The number of hydrogen-bond donors (Lipinski definition) is 1. The van der Waals surface area contributed by atoms with Crippen LogP contribution in [-0.2, 0) is 16.1 Å². The van der Waals surface area contributed by atoms with Gasteiger partial charge in [0.15, 0.2) is 10.3 Å². The molecule has 1 amide bonds. The molecule has 0 spiro atoms. The van der Waals surface area contributed by atoms with Gasteiger partial charge in [0.1, 0.15) is 10.7 Å². The summed E-state index contributed by atoms with van der Waals surface area (Å²) < 4.78 is 7.07. The average molecular weight is 450 g/mol. The first-order valence-electron chi connectivity index (χ1n) is 10.1. The first kappa shape index (κ1) is 22.5. The quantitative estimate of drug-likeness (QED) is 0.348. The third kappa shape index (κ3) is 5.48. The predicted octanol–water partition coefficient (Wildman–Crippen LogP) is 4.18. The van der Waals surface area contributed by atoms with E-state index in [1.54, 1.807) is 13.8 Å². The largest absolute Gasteiger partial charge is 0.462 e. The summed E-state index contributed by atoms with van der Waals surface area (Å²) >= 11 is 2.46. The second-order valence-electron chi connectivity index (χ2n) is 7.07. The summed E-state index contributed by atoms with van der Waals surface area (Å²) in [5.74, 6) is 0.959. The maximum Gasteiger partial charge on any atom is 0.350 e. The van der Waals surface area contributed by atoms with E-state index in [0.717, 1.165) is 30.0 Å². The lowest BCUT2D eigenvalue weighted by atomic mass is 9.89. The summed E-state index contributed by atoms with van der Waals surface area (Å²) in [6, 6.07) is 0. The Labute approximate surface area is 184 Å². The highest BCUT2D eigenvalue weighted by Gasteiger charge is 2.23. The fourth-order valence-electron chi connectivity index (χ4n) is 3.49. The zero-order chi connectivity index (χ0) is 21.5. The number of aryl methyl sites for hydroxylation is 1. The van der Waals surface area contributed by atoms with Crippen LogP contribution < -0.4 is 5.32 Å². The van der Waals surface area contributed by atoms with Crippen molar-refractivity contribution in [2.75, 3.05) is 17.7 Å². The highest BCUT2D eigenvalue weighted by Crippen LogP contribution is 2.33. The number of carbonyl (C=O) groups is 2. The molecule has 1 saturated carbocycles. The number of anilines is 1. The van der Waals surface area contributed by atoms with Crippen LogP contribution in [0.5, 0.6) is 0 Å². The van der Waals surface area contributed by atoms with Gasteiger partial charge in [-0.05, 0) is 26.7 Å². The molecule has 0 aliphatic heterocycles. The Bertz CT molecular complexity index is 902. The van der Waals surface area contributed by atoms with E-state index in [9.17, 15) is 9.59 Å². The fraction of sp³-hybridized carbons (Fsp3) is 0.550. The summed E-state index contributed by atoms with van der Waals surface area (Å²) in [7, 11) is 0. The van der Waals surface area contributed by atoms with Gasteiger partial charge in [-0.25, -0.2) is 9.78 Å². The SMILES string of the molecule is C=CCn1c(SCC(=O)Nc2nc(C)c(C(=O)OCC)s2)nnc1C1CCCCC1. The number of nitrogens with one attached hydrogen (secondary N) is 1. The maximum atomic E-state index is 12.4. The third-order valence-electron chi connectivity index (χ3n) is 4.86. The number of allylic oxidation sites excluding steroid dienone is 1. The van der Waals surface area contributed by atoms with Gasteiger partial charge < -0.3 is 14.6 Å². The second kappa shape index (κ2) is 10.7. The zero-order valence-corrected chi connectivity index (χ0v) is 19.0. The number of esters is 1. The highest BCUT2D eigenvalue weighted by atomic mass is 32.2. The molecule has 1 fully saturated rings. The minimum absolute atomic E-state index is 0.174. The Balaban J connectivity index is 1.62. The lowest BCUT2D eigenvalue weighted by Crippen LogP contribution is -2.15. The van der Waals surface area contributed by atoms with Crippen molar-refractivity contribution in [3.63, 3.8) is 0 Å². The van der Waals surface area contributed by atoms with Gasteiger partial charge in [-0.15, -0.1) is 16.8 Å². The monoisotopic (exact) mass is 449 g/mol. The smallest absolute Gasteiger partial charge is 0.350 e. The molecule has 0 saturated heterocycles. The van der Waals surface area contributed by atoms with E-state index in [4.69, 9.17) is 4.74 Å². The second-order valence-corrected chi connectivity index (χ2v) is 9.01. The maximum absolute atomic E-state index is 12.4. The number of aromatic nitrogens is 4. The van der Waals surface area contributed by atoms with Crippen molar-refractivity contribution < 1.29 is 14.3 Å². The van der Waals surface area contributed by atoms with Crippen LogP contribution >= 0.6 is 23.1 Å². The Hall–Kier alpha value is -2.20. The molecule has 162 valence electrons. The summed E-state index contributed by atoms with van der Waals surface area (Å²) in [6.45, 7) is 8.23. The number of carbonyl (C=O) groups excluding carboxylic acids is 2. The number of amides is 1. The molecule has 0 bridgehead atoms. The van der Waals surface area contributed by atoms with Crippen molar-refractivity contribution in [2.45, 2.75) is 63.6 Å². The number of hydrogen-bond acceptors (Lipinski definition) is 8. The van der Waals surface area contributed by atoms with Gasteiger partial charge in [-0.3, -0.25) is 4.79 Å². The van der Waals surface area contributed by atoms with E-state index < -0.39 is 5.97 Å². The van der Waals surface area contributed by atoms with E-state index in [0.29, 0.717) is 39.9 Å². The van der Waals surface area contributed by atoms with Crippen molar-refractivity contribution in [1.29, 1.82) is 0 Å². The van der Waals surface area contributed by atoms with E-state index in [-0.39, 0.29) is 11.7 Å². The predicted molar refractivity (Wildman–Crippen MR) is 118 cm³/mol. The molecule has 0 unspecified atom stereocenters. The van der Waals surface area contributed by atoms with Gasteiger partial charge in [0.05, 0.1) is 18.1 Å². The van der Waals surface area contributed by atoms with Gasteiger partial charge in [0.25, 0.3) is 0 Å². The van der Waals surface area contributed by atoms with Crippen molar-refractivity contribution in [3.05, 3.63) is 29.1 Å². The van der Waals surface area contributed by atoms with Crippen molar-refractivity contribution in [1.82, 2.24) is 19.7 Å². The summed E-state index contributed by atoms with van der Waals surface area (Å²) in [4.78, 5) is 29.0. The normalized spacial score (nSPS) is 14.5. The molecule has 0 aromatic carbocycles. The molecular formula is C20H27N5O3S2. The lowest BCUT2D eigenvalue weighted by molar-refractivity contribution is -0.113. The van der Waals surface area contributed by atoms with Crippen molar-refractivity contribution in [2.24, 2.45) is 0 Å². The van der Waals surface area contributed by atoms with Gasteiger partial charge in [0, 0.05) is 12.5 Å². The van der Waals surface area contributed by atoms with Gasteiger partial charge in [-0.1, -0.05) is 48.4 Å². The molecular weight excluding hydrogens is 422 g/mol. The van der Waals surface area contributed by atoms with E-state index in [1.807, 2.05) is 6.08 Å². The first-order valence-corrected chi connectivity index (χ1v) is 11.9. The highest BCUT2D eigenvalue weighted by molar-refractivity contribution is 7.99. The van der Waals surface area contributed by atoms with Gasteiger partial charge in [-0.2, -0.15) is 0 Å². The van der Waals surface area contributed by atoms with Crippen LogP contribution in [0.4, 0.5) is 5.13 Å². The molecule has 30 heavy (non-hydrogen) atoms. The fourth-order valence-corrected chi connectivity index (χ4v) is 5.12. The number of rotatable bonds is 9. The number of nitrogens with zero attached hydrogens (tertiary/aromatic N) is 4. The minimum Gasteiger partial charge on any atom is -0.462 e. The van der Waals surface area contributed by atoms with E-state index in [1.165, 1.54) is 31.0 Å². The molecule has 2 aromatic heterocycles. The Morgan fingerprint density at radius 2 is 2.10 bits per heavy atom. The molecule has 1 aliphatic carbocycles. The van der Waals surface area contributed by atoms with Crippen LogP contribution in [-0.4, -0.2) is 44.0 Å². The zero-order valence-electron chi connectivity index (χ0n) is 17.3. The van der Waals surface area contributed by atoms with Crippen LogP contribution in [0.2, 0.25) is 0 Å². The molecule has 8 nitrogen and oxygen atoms in total. The summed E-state index contributed by atoms with van der Waals surface area (Å²) in [5, 5.41) is 12.6. The Morgan fingerprint density at radius 1 is 1.33 bits per heavy atom. The molecule has 1 N–H and O–H groups in total. The molecule has 3 rings (SSSR count). The molecule has 10 heteroatoms. The van der Waals surface area contributed by atoms with Crippen molar-refractivity contribution in [3.8, 4) is 0 Å². The minimum atomic E-state index is -0.421.